The molecule has 0 saturated heterocycles. The van der Waals surface area contributed by atoms with Crippen molar-refractivity contribution in [1.82, 2.24) is 0 Å². The first-order valence-corrected chi connectivity index (χ1v) is 6.61. The van der Waals surface area contributed by atoms with Crippen LogP contribution in [-0.2, 0) is 10.1 Å². The van der Waals surface area contributed by atoms with Crippen LogP contribution < -0.4 is 0 Å². The maximum atomic E-state index is 12.8. The molecule has 14 heavy (non-hydrogen) atoms. The molecule has 0 aromatic carbocycles. The molecule has 0 spiro atoms. The van der Waals surface area contributed by atoms with Gasteiger partial charge in [-0.25, -0.2) is 4.39 Å². The number of hydrogen-bond donors (Lipinski definition) is 1. The van der Waals surface area contributed by atoms with Crippen LogP contribution in [0.4, 0.5) is 4.39 Å². The minimum atomic E-state index is -4.47. The van der Waals surface area contributed by atoms with Gasteiger partial charge in [-0.3, -0.25) is 4.55 Å². The molecule has 5 heteroatoms. The van der Waals surface area contributed by atoms with Gasteiger partial charge in [-0.05, 0) is 18.8 Å². The Balaban J connectivity index is 2.25. The monoisotopic (exact) mass is 224 g/mol. The molecular formula is C9H17FO3S. The van der Waals surface area contributed by atoms with Crippen LogP contribution in [0.15, 0.2) is 0 Å². The van der Waals surface area contributed by atoms with Gasteiger partial charge in [0.15, 0.2) is 0 Å². The van der Waals surface area contributed by atoms with E-state index in [1.54, 1.807) is 0 Å². The van der Waals surface area contributed by atoms with Crippen molar-refractivity contribution < 1.29 is 17.4 Å². The lowest BCUT2D eigenvalue weighted by Crippen LogP contribution is -2.17. The molecule has 1 saturated carbocycles. The van der Waals surface area contributed by atoms with E-state index in [0.29, 0.717) is 12.3 Å². The number of rotatable bonds is 4. The fraction of sp³-hybridized carbons (Fsp3) is 1.00. The van der Waals surface area contributed by atoms with E-state index in [4.69, 9.17) is 4.55 Å². The van der Waals surface area contributed by atoms with Crippen LogP contribution in [-0.4, -0.2) is 18.5 Å². The third-order valence-electron chi connectivity index (χ3n) is 2.85. The third-order valence-corrected chi connectivity index (χ3v) is 3.73. The number of hydrogen-bond acceptors (Lipinski definition) is 2. The molecule has 1 N–H and O–H groups in total. The molecule has 1 aliphatic carbocycles. The van der Waals surface area contributed by atoms with Gasteiger partial charge in [0.1, 0.15) is 0 Å². The average Bonchev–Trinajstić information content (AvgIpc) is 2.14. The fourth-order valence-electron chi connectivity index (χ4n) is 1.99. The Morgan fingerprint density at radius 2 is 1.86 bits per heavy atom. The molecule has 3 nitrogen and oxygen atoms in total. The van der Waals surface area contributed by atoms with E-state index in [-0.39, 0.29) is 6.42 Å². The van der Waals surface area contributed by atoms with E-state index >= 15 is 0 Å². The number of alkyl halides is 1. The largest absolute Gasteiger partial charge is 0.297 e. The molecule has 0 aliphatic heterocycles. The van der Waals surface area contributed by atoms with Crippen LogP contribution in [0.5, 0.6) is 0 Å². The van der Waals surface area contributed by atoms with Crippen molar-refractivity contribution in [2.75, 3.05) is 0 Å². The van der Waals surface area contributed by atoms with Gasteiger partial charge < -0.3 is 0 Å². The lowest BCUT2D eigenvalue weighted by atomic mass is 9.86. The maximum absolute atomic E-state index is 12.8. The highest BCUT2D eigenvalue weighted by atomic mass is 32.2. The summed E-state index contributed by atoms with van der Waals surface area (Å²) in [5, 5.41) is 0. The topological polar surface area (TPSA) is 54.4 Å². The van der Waals surface area contributed by atoms with E-state index < -0.39 is 15.6 Å². The third kappa shape index (κ3) is 3.92. The fourth-order valence-corrected chi connectivity index (χ4v) is 2.43. The summed E-state index contributed by atoms with van der Waals surface area (Å²) in [6, 6.07) is 0. The van der Waals surface area contributed by atoms with Crippen molar-refractivity contribution in [1.29, 1.82) is 0 Å². The van der Waals surface area contributed by atoms with E-state index in [9.17, 15) is 12.8 Å². The minimum Gasteiger partial charge on any atom is -0.283 e. The molecular weight excluding hydrogens is 207 g/mol. The van der Waals surface area contributed by atoms with E-state index in [2.05, 4.69) is 0 Å². The molecule has 0 amide bonds. The van der Waals surface area contributed by atoms with Crippen LogP contribution >= 0.6 is 0 Å². The standard InChI is InChI=1S/C9H17FO3S/c10-9(14(11,12)13)7-6-8-4-2-1-3-5-8/h8-9H,1-7H2,(H,11,12,13). The Labute approximate surface area is 84.4 Å². The zero-order valence-corrected chi connectivity index (χ0v) is 8.97. The van der Waals surface area contributed by atoms with Crippen molar-refractivity contribution in [3.63, 3.8) is 0 Å². The SMILES string of the molecule is O=S(=O)(O)C(F)CCC1CCCCC1. The molecule has 1 rings (SSSR count). The van der Waals surface area contributed by atoms with Gasteiger partial charge in [0.05, 0.1) is 0 Å². The Morgan fingerprint density at radius 3 is 2.36 bits per heavy atom. The molecule has 0 bridgehead atoms. The number of halogens is 1. The summed E-state index contributed by atoms with van der Waals surface area (Å²) in [6.07, 6.45) is 6.19. The van der Waals surface area contributed by atoms with Gasteiger partial charge in [-0.1, -0.05) is 32.1 Å². The molecule has 1 unspecified atom stereocenters. The van der Waals surface area contributed by atoms with Gasteiger partial charge in [-0.15, -0.1) is 0 Å². The normalized spacial score (nSPS) is 22.1. The molecule has 0 heterocycles. The predicted molar refractivity (Wildman–Crippen MR) is 52.3 cm³/mol. The molecule has 84 valence electrons. The van der Waals surface area contributed by atoms with Crippen molar-refractivity contribution in [3.8, 4) is 0 Å². The van der Waals surface area contributed by atoms with Crippen molar-refractivity contribution in [2.24, 2.45) is 5.92 Å². The minimum absolute atomic E-state index is 0.0660. The van der Waals surface area contributed by atoms with Crippen LogP contribution in [0.3, 0.4) is 0 Å². The molecule has 0 aromatic rings. The second-order valence-corrected chi connectivity index (χ2v) is 5.55. The van der Waals surface area contributed by atoms with Gasteiger partial charge in [0.2, 0.25) is 5.50 Å². The average molecular weight is 224 g/mol. The van der Waals surface area contributed by atoms with Crippen LogP contribution in [0.2, 0.25) is 0 Å². The van der Waals surface area contributed by atoms with Crippen molar-refractivity contribution >= 4 is 10.1 Å². The maximum Gasteiger partial charge on any atom is 0.297 e. The van der Waals surface area contributed by atoms with Gasteiger partial charge in [-0.2, -0.15) is 8.42 Å². The second kappa shape index (κ2) is 5.07. The van der Waals surface area contributed by atoms with Gasteiger partial charge in [0.25, 0.3) is 10.1 Å². The summed E-state index contributed by atoms with van der Waals surface area (Å²) in [7, 11) is -4.47. The Morgan fingerprint density at radius 1 is 1.29 bits per heavy atom. The summed E-state index contributed by atoms with van der Waals surface area (Å²) in [5.74, 6) is 0.448. The van der Waals surface area contributed by atoms with Crippen LogP contribution in [0, 0.1) is 5.92 Å². The summed E-state index contributed by atoms with van der Waals surface area (Å²) >= 11 is 0. The highest BCUT2D eigenvalue weighted by Crippen LogP contribution is 2.28. The lowest BCUT2D eigenvalue weighted by Gasteiger charge is -2.21. The summed E-state index contributed by atoms with van der Waals surface area (Å²) in [4.78, 5) is 0. The van der Waals surface area contributed by atoms with Crippen molar-refractivity contribution in [2.45, 2.75) is 50.4 Å². The highest BCUT2D eigenvalue weighted by molar-refractivity contribution is 7.86. The zero-order chi connectivity index (χ0) is 10.6. The summed E-state index contributed by atoms with van der Waals surface area (Å²) in [5.41, 5.74) is -2.09. The Bertz CT molecular complexity index is 257. The molecule has 0 aromatic heterocycles. The van der Waals surface area contributed by atoms with E-state index in [1.165, 1.54) is 6.42 Å². The van der Waals surface area contributed by atoms with Crippen molar-refractivity contribution in [3.05, 3.63) is 0 Å². The quantitative estimate of drug-likeness (QED) is 0.746. The first-order valence-electron chi connectivity index (χ1n) is 5.10. The molecule has 1 atom stereocenters. The Hall–Kier alpha value is -0.160. The zero-order valence-electron chi connectivity index (χ0n) is 8.15. The molecule has 1 aliphatic rings. The van der Waals surface area contributed by atoms with Gasteiger partial charge in [0, 0.05) is 0 Å². The predicted octanol–water partition coefficient (Wildman–Crippen LogP) is 2.53. The van der Waals surface area contributed by atoms with Gasteiger partial charge >= 0.3 is 0 Å². The molecule has 0 radical (unpaired) electrons. The lowest BCUT2D eigenvalue weighted by molar-refractivity contribution is 0.291. The molecule has 1 fully saturated rings. The smallest absolute Gasteiger partial charge is 0.283 e. The first-order chi connectivity index (χ1) is 6.50. The first kappa shape index (κ1) is 11.9. The van der Waals surface area contributed by atoms with E-state index in [0.717, 1.165) is 25.7 Å². The van der Waals surface area contributed by atoms with Crippen LogP contribution in [0.1, 0.15) is 44.9 Å². The Kier molecular flexibility index (Phi) is 4.31. The highest BCUT2D eigenvalue weighted by Gasteiger charge is 2.23. The second-order valence-electron chi connectivity index (χ2n) is 4.01. The summed E-state index contributed by atoms with van der Waals surface area (Å²) in [6.45, 7) is 0. The summed E-state index contributed by atoms with van der Waals surface area (Å²) < 4.78 is 42.0. The van der Waals surface area contributed by atoms with E-state index in [1.807, 2.05) is 0 Å². The van der Waals surface area contributed by atoms with Crippen LogP contribution in [0.25, 0.3) is 0 Å².